The van der Waals surface area contributed by atoms with E-state index in [-0.39, 0.29) is 7.43 Å². The molecule has 15 heavy (non-hydrogen) atoms. The van der Waals surface area contributed by atoms with Crippen LogP contribution >= 0.6 is 0 Å². The smallest absolute Gasteiger partial charge is 0 e. The first kappa shape index (κ1) is 12.2. The van der Waals surface area contributed by atoms with Gasteiger partial charge in [-0.2, -0.15) is 12.2 Å². The Balaban J connectivity index is 0.000000980. The average Bonchev–Trinajstić information content (AvgIpc) is 2.47. The van der Waals surface area contributed by atoms with Crippen LogP contribution < -0.4 is 0 Å². The third kappa shape index (κ3) is 2.87. The molecule has 1 aromatic carbocycles. The van der Waals surface area contributed by atoms with Crippen molar-refractivity contribution >= 4 is 5.57 Å². The fourth-order valence-electron chi connectivity index (χ4n) is 1.23. The van der Waals surface area contributed by atoms with Crippen molar-refractivity contribution in [3.8, 4) is 0 Å². The number of rotatable bonds is 1. The van der Waals surface area contributed by atoms with E-state index < -0.39 is 0 Å². The zero-order valence-electron chi connectivity index (χ0n) is 8.45. The van der Waals surface area contributed by atoms with E-state index in [9.17, 15) is 0 Å². The molecule has 0 aliphatic heterocycles. The van der Waals surface area contributed by atoms with Crippen LogP contribution in [0.25, 0.3) is 5.57 Å². The summed E-state index contributed by atoms with van der Waals surface area (Å²) >= 11 is 0. The Hall–Kier alpha value is -2.78. The zero-order chi connectivity index (χ0) is 8.93. The van der Waals surface area contributed by atoms with Crippen LogP contribution in [0.4, 0.5) is 0 Å². The molecule has 0 fully saturated rings. The molecule has 0 nitrogen and oxygen atoms in total. The molecule has 0 saturated carbocycles. The van der Waals surface area contributed by atoms with Crippen LogP contribution in [0.3, 0.4) is 0 Å². The van der Waals surface area contributed by atoms with Crippen LogP contribution in [0.1, 0.15) is 5.56 Å². The van der Waals surface area contributed by atoms with Crippen LogP contribution in [0, 0.1) is 13.5 Å². The van der Waals surface area contributed by atoms with Crippen LogP contribution in [0.15, 0.2) is 60.4 Å². The number of benzene rings is 1. The monoisotopic (exact) mass is 442 g/mol. The number of allylic oxidation sites excluding steroid dienone is 5. The molecule has 0 amide bonds. The maximum atomic E-state index is 2.97. The third-order valence-electron chi connectivity index (χ3n) is 1.87. The standard InChI is InChI=1S/C13H9.CH3.Lr/c1-2-5-9-12(8-4-1)13-10-6-3-7-11-13;;/h1,3-4,6-11H;1H3;/q2*-1;. The second-order valence-corrected chi connectivity index (χ2v) is 2.78. The Morgan fingerprint density at radius 3 is 2.53 bits per heavy atom. The first-order chi connectivity index (χ1) is 6.47. The van der Waals surface area contributed by atoms with Crippen molar-refractivity contribution in [1.82, 2.24) is 0 Å². The second-order valence-electron chi connectivity index (χ2n) is 2.78. The molecule has 1 aliphatic carbocycles. The topological polar surface area (TPSA) is 0 Å². The first-order valence-corrected chi connectivity index (χ1v) is 4.23. The normalized spacial score (nSPS) is 12.1. The predicted octanol–water partition coefficient (Wildman–Crippen LogP) is 3.60. The van der Waals surface area contributed by atoms with Crippen LogP contribution in [-0.4, -0.2) is 0 Å². The fraction of sp³-hybridized carbons (Fsp3) is 0. The summed E-state index contributed by atoms with van der Waals surface area (Å²) in [6.45, 7) is 0. The molecule has 0 N–H and O–H groups in total. The van der Waals surface area contributed by atoms with Crippen LogP contribution in [0.2, 0.25) is 0 Å². The SMILES string of the molecule is C1=[C-]C=CC=C(c2ccccc2)C=1.[CH3-].[Lr]. The Bertz CT molecular complexity index is 404. The van der Waals surface area contributed by atoms with E-state index >= 15 is 0 Å². The van der Waals surface area contributed by atoms with Gasteiger partial charge in [-0.15, -0.1) is 18.2 Å². The summed E-state index contributed by atoms with van der Waals surface area (Å²) in [5.74, 6) is 0. The van der Waals surface area contributed by atoms with E-state index in [1.807, 2.05) is 36.4 Å². The molecule has 2 rings (SSSR count). The molecule has 0 bridgehead atoms. The minimum absolute atomic E-state index is 0. The van der Waals surface area contributed by atoms with Gasteiger partial charge in [-0.25, -0.2) is 0 Å². The molecular weight excluding hydrogens is 430 g/mol. The van der Waals surface area contributed by atoms with Crippen molar-refractivity contribution in [3.05, 3.63) is 79.4 Å². The molecule has 1 radical (unpaired) electrons. The Kier molecular flexibility index (Phi) is 4.72. The van der Waals surface area contributed by atoms with E-state index in [2.05, 4.69) is 30.0 Å². The molecule has 0 spiro atoms. The van der Waals surface area contributed by atoms with Gasteiger partial charge in [-0.1, -0.05) is 35.9 Å². The molecule has 0 unspecified atom stereocenters. The van der Waals surface area contributed by atoms with Crippen LogP contribution in [-0.2, 0) is 0 Å². The summed E-state index contributed by atoms with van der Waals surface area (Å²) in [5.41, 5.74) is 5.35. The van der Waals surface area contributed by atoms with Crippen molar-refractivity contribution in [2.75, 3.05) is 0 Å². The largest absolute Gasteiger partial charge is 0.358 e. The van der Waals surface area contributed by atoms with Gasteiger partial charge in [0.25, 0.3) is 0 Å². The first-order valence-electron chi connectivity index (χ1n) is 4.23. The van der Waals surface area contributed by atoms with Gasteiger partial charge >= 0.3 is 0 Å². The summed E-state index contributed by atoms with van der Waals surface area (Å²) in [6.07, 6.45) is 10.7. The number of hydrogen-bond acceptors (Lipinski definition) is 0. The van der Waals surface area contributed by atoms with Crippen molar-refractivity contribution in [2.24, 2.45) is 0 Å². The van der Waals surface area contributed by atoms with E-state index in [4.69, 9.17) is 0 Å². The van der Waals surface area contributed by atoms with Crippen molar-refractivity contribution in [2.45, 2.75) is 0 Å². The molecular formula is C14H12Lr-2. The third-order valence-corrected chi connectivity index (χ3v) is 1.87. The molecule has 1 aromatic rings. The van der Waals surface area contributed by atoms with Crippen molar-refractivity contribution in [3.63, 3.8) is 0 Å². The fourth-order valence-corrected chi connectivity index (χ4v) is 1.23. The summed E-state index contributed by atoms with van der Waals surface area (Å²) in [7, 11) is 0. The van der Waals surface area contributed by atoms with Crippen molar-refractivity contribution < 1.29 is 0 Å². The Morgan fingerprint density at radius 1 is 1.07 bits per heavy atom. The summed E-state index contributed by atoms with van der Waals surface area (Å²) in [6, 6.07) is 10.3. The van der Waals surface area contributed by atoms with Gasteiger partial charge in [0.1, 0.15) is 0 Å². The molecule has 85 valence electrons. The molecule has 1 heteroatoms. The average molecular weight is 442 g/mol. The van der Waals surface area contributed by atoms with Gasteiger partial charge in [0, 0.05) is 0 Å². The number of hydrogen-bond donors (Lipinski definition) is 0. The summed E-state index contributed by atoms with van der Waals surface area (Å²) in [5, 5.41) is 0. The molecule has 0 saturated heterocycles. The van der Waals surface area contributed by atoms with E-state index in [1.165, 1.54) is 11.1 Å². The van der Waals surface area contributed by atoms with Gasteiger partial charge in [-0.05, 0) is 5.56 Å². The Labute approximate surface area is 85.6 Å². The van der Waals surface area contributed by atoms with Crippen LogP contribution in [0.5, 0.6) is 0 Å². The molecule has 0 atom stereocenters. The molecule has 1 aliphatic rings. The van der Waals surface area contributed by atoms with E-state index in [0.29, 0.717) is 0 Å². The van der Waals surface area contributed by atoms with Gasteiger partial charge < -0.3 is 7.43 Å². The Morgan fingerprint density at radius 2 is 1.80 bits per heavy atom. The van der Waals surface area contributed by atoms with Gasteiger partial charge in [0.05, 0.1) is 0 Å². The van der Waals surface area contributed by atoms with E-state index in [1.54, 1.807) is 0 Å². The molecule has 0 heterocycles. The minimum atomic E-state index is 0. The maximum Gasteiger partial charge on any atom is 0 e. The summed E-state index contributed by atoms with van der Waals surface area (Å²) < 4.78 is 0. The quantitative estimate of drug-likeness (QED) is 0.461. The van der Waals surface area contributed by atoms with Gasteiger partial charge in [0.15, 0.2) is 0 Å². The van der Waals surface area contributed by atoms with Gasteiger partial charge in [0.2, 0.25) is 0 Å². The second kappa shape index (κ2) is 5.80. The van der Waals surface area contributed by atoms with Crippen molar-refractivity contribution in [1.29, 1.82) is 0 Å². The molecule has 0 aromatic heterocycles. The van der Waals surface area contributed by atoms with Gasteiger partial charge in [-0.3, -0.25) is 5.73 Å². The van der Waals surface area contributed by atoms with E-state index in [0.717, 1.165) is 0 Å². The maximum absolute atomic E-state index is 2.97. The zero-order valence-corrected chi connectivity index (χ0v) is 10.6. The minimum Gasteiger partial charge on any atom is -0.358 e. The summed E-state index contributed by atoms with van der Waals surface area (Å²) in [4.78, 5) is 0. The predicted molar refractivity (Wildman–Crippen MR) is 61.3 cm³/mol.